The molecule has 0 aliphatic heterocycles. The summed E-state index contributed by atoms with van der Waals surface area (Å²) >= 11 is 1.64. The summed E-state index contributed by atoms with van der Waals surface area (Å²) in [6.07, 6.45) is 1.55. The van der Waals surface area contributed by atoms with Crippen LogP contribution in [0, 0.1) is 13.8 Å². The molecule has 6 heteroatoms. The van der Waals surface area contributed by atoms with E-state index in [1.807, 2.05) is 0 Å². The summed E-state index contributed by atoms with van der Waals surface area (Å²) in [7, 11) is 0. The maximum absolute atomic E-state index is 11.0. The number of hydrogen-bond donors (Lipinski definition) is 2. The van der Waals surface area contributed by atoms with E-state index >= 15 is 0 Å². The average Bonchev–Trinajstić information content (AvgIpc) is 3.00. The second-order valence-electron chi connectivity index (χ2n) is 6.31. The van der Waals surface area contributed by atoms with Crippen LogP contribution in [0.2, 0.25) is 0 Å². The molecule has 5 nitrogen and oxygen atoms in total. The highest BCUT2D eigenvalue weighted by Gasteiger charge is 2.17. The van der Waals surface area contributed by atoms with Crippen molar-refractivity contribution in [2.45, 2.75) is 13.8 Å². The number of carboxylic acid groups (broad SMARTS) is 1. The number of aromatic carboxylic acids is 1. The van der Waals surface area contributed by atoms with Crippen LogP contribution in [0.3, 0.4) is 0 Å². The van der Waals surface area contributed by atoms with Crippen molar-refractivity contribution in [3.8, 4) is 11.1 Å². The Hall–Kier alpha value is -3.25. The van der Waals surface area contributed by atoms with E-state index in [1.54, 1.807) is 41.9 Å². The topological polar surface area (TPSA) is 75.1 Å². The molecular formula is C21H17N3O2S. The van der Waals surface area contributed by atoms with Gasteiger partial charge in [0.2, 0.25) is 0 Å². The van der Waals surface area contributed by atoms with Gasteiger partial charge >= 0.3 is 5.97 Å². The molecule has 4 aromatic rings. The molecule has 134 valence electrons. The van der Waals surface area contributed by atoms with Crippen molar-refractivity contribution in [3.05, 3.63) is 70.9 Å². The number of rotatable bonds is 4. The molecule has 0 saturated carbocycles. The van der Waals surface area contributed by atoms with Crippen molar-refractivity contribution in [2.24, 2.45) is 0 Å². The Balaban J connectivity index is 1.81. The molecule has 0 saturated heterocycles. The molecule has 27 heavy (non-hydrogen) atoms. The lowest BCUT2D eigenvalue weighted by Crippen LogP contribution is -1.98. The van der Waals surface area contributed by atoms with Gasteiger partial charge in [-0.05, 0) is 43.7 Å². The molecule has 0 atom stereocenters. The van der Waals surface area contributed by atoms with Gasteiger partial charge in [-0.3, -0.25) is 0 Å². The molecule has 0 amide bonds. The zero-order chi connectivity index (χ0) is 19.0. The predicted octanol–water partition coefficient (Wildman–Crippen LogP) is 5.42. The maximum Gasteiger partial charge on any atom is 0.335 e. The first-order chi connectivity index (χ1) is 13.0. The smallest absolute Gasteiger partial charge is 0.335 e. The zero-order valence-electron chi connectivity index (χ0n) is 14.9. The molecule has 0 spiro atoms. The highest BCUT2D eigenvalue weighted by atomic mass is 32.1. The maximum atomic E-state index is 11.0. The number of carbonyl (C=O) groups is 1. The third kappa shape index (κ3) is 3.27. The van der Waals surface area contributed by atoms with Crippen LogP contribution >= 0.6 is 11.3 Å². The first kappa shape index (κ1) is 17.2. The van der Waals surface area contributed by atoms with Gasteiger partial charge in [-0.1, -0.05) is 29.8 Å². The number of hydrogen-bond acceptors (Lipinski definition) is 5. The van der Waals surface area contributed by atoms with Crippen LogP contribution < -0.4 is 5.32 Å². The Morgan fingerprint density at radius 2 is 1.70 bits per heavy atom. The second kappa shape index (κ2) is 6.81. The molecule has 0 fully saturated rings. The number of carboxylic acids is 1. The molecule has 4 rings (SSSR count). The second-order valence-corrected chi connectivity index (χ2v) is 7.51. The molecule has 0 radical (unpaired) electrons. The first-order valence-electron chi connectivity index (χ1n) is 8.44. The molecule has 0 bridgehead atoms. The van der Waals surface area contributed by atoms with Crippen LogP contribution in [0.5, 0.6) is 0 Å². The van der Waals surface area contributed by atoms with Gasteiger partial charge in [0, 0.05) is 16.1 Å². The molecule has 2 aromatic carbocycles. The van der Waals surface area contributed by atoms with Gasteiger partial charge in [0.25, 0.3) is 0 Å². The normalized spacial score (nSPS) is 10.9. The van der Waals surface area contributed by atoms with Crippen LogP contribution in [0.4, 0.5) is 11.5 Å². The fourth-order valence-corrected chi connectivity index (χ4v) is 4.05. The van der Waals surface area contributed by atoms with Crippen LogP contribution in [-0.2, 0) is 0 Å². The van der Waals surface area contributed by atoms with Crippen LogP contribution in [0.25, 0.3) is 21.3 Å². The SMILES string of the molecule is Cc1ccc(-c2c(C)sc3ncnc(Nc4ccc(C(=O)O)cc4)c23)cc1. The van der Waals surface area contributed by atoms with Gasteiger partial charge in [-0.15, -0.1) is 11.3 Å². The number of fused-ring (bicyclic) bond motifs is 1. The van der Waals surface area contributed by atoms with E-state index in [4.69, 9.17) is 5.11 Å². The van der Waals surface area contributed by atoms with Crippen molar-refractivity contribution in [1.29, 1.82) is 0 Å². The van der Waals surface area contributed by atoms with E-state index < -0.39 is 5.97 Å². The minimum absolute atomic E-state index is 0.250. The Kier molecular flexibility index (Phi) is 4.33. The molecule has 2 heterocycles. The summed E-state index contributed by atoms with van der Waals surface area (Å²) in [4.78, 5) is 22.0. The quantitative estimate of drug-likeness (QED) is 0.498. The Morgan fingerprint density at radius 3 is 2.37 bits per heavy atom. The number of anilines is 2. The molecule has 0 aliphatic carbocycles. The zero-order valence-corrected chi connectivity index (χ0v) is 15.7. The monoisotopic (exact) mass is 375 g/mol. The van der Waals surface area contributed by atoms with Crippen LogP contribution in [0.1, 0.15) is 20.8 Å². The largest absolute Gasteiger partial charge is 0.478 e. The number of nitrogens with zero attached hydrogens (tertiary/aromatic N) is 2. The summed E-state index contributed by atoms with van der Waals surface area (Å²) in [5, 5.41) is 13.3. The van der Waals surface area contributed by atoms with Crippen molar-refractivity contribution >= 4 is 39.0 Å². The van der Waals surface area contributed by atoms with E-state index in [0.717, 1.165) is 27.0 Å². The van der Waals surface area contributed by atoms with Crippen molar-refractivity contribution in [1.82, 2.24) is 9.97 Å². The highest BCUT2D eigenvalue weighted by molar-refractivity contribution is 7.19. The van der Waals surface area contributed by atoms with Crippen molar-refractivity contribution in [2.75, 3.05) is 5.32 Å². The number of thiophene rings is 1. The van der Waals surface area contributed by atoms with Gasteiger partial charge in [0.05, 0.1) is 10.9 Å². The van der Waals surface area contributed by atoms with Crippen LogP contribution in [-0.4, -0.2) is 21.0 Å². The number of benzene rings is 2. The Labute approximate surface area is 160 Å². The van der Waals surface area contributed by atoms with Gasteiger partial charge in [0.15, 0.2) is 0 Å². The third-order valence-electron chi connectivity index (χ3n) is 4.40. The Morgan fingerprint density at radius 1 is 1.00 bits per heavy atom. The molecule has 2 N–H and O–H groups in total. The molecular weight excluding hydrogens is 358 g/mol. The predicted molar refractivity (Wildman–Crippen MR) is 109 cm³/mol. The van der Waals surface area contributed by atoms with Crippen LogP contribution in [0.15, 0.2) is 54.9 Å². The molecule has 2 aromatic heterocycles. The Bertz CT molecular complexity index is 1130. The number of nitrogens with one attached hydrogen (secondary N) is 1. The molecule has 0 unspecified atom stereocenters. The van der Waals surface area contributed by atoms with E-state index in [9.17, 15) is 4.79 Å². The summed E-state index contributed by atoms with van der Waals surface area (Å²) in [6.45, 7) is 4.16. The lowest BCUT2D eigenvalue weighted by atomic mass is 10.0. The van der Waals surface area contributed by atoms with Gasteiger partial charge in [0.1, 0.15) is 17.0 Å². The molecule has 0 aliphatic rings. The summed E-state index contributed by atoms with van der Waals surface area (Å²) in [6, 6.07) is 15.0. The minimum Gasteiger partial charge on any atom is -0.478 e. The van der Waals surface area contributed by atoms with E-state index in [0.29, 0.717) is 5.82 Å². The number of aryl methyl sites for hydroxylation is 2. The van der Waals surface area contributed by atoms with Gasteiger partial charge in [-0.2, -0.15) is 0 Å². The fraction of sp³-hybridized carbons (Fsp3) is 0.0952. The average molecular weight is 375 g/mol. The van der Waals surface area contributed by atoms with Gasteiger partial charge < -0.3 is 10.4 Å². The minimum atomic E-state index is -0.943. The first-order valence-corrected chi connectivity index (χ1v) is 9.26. The lowest BCUT2D eigenvalue weighted by Gasteiger charge is -2.09. The lowest BCUT2D eigenvalue weighted by molar-refractivity contribution is 0.0697. The fourth-order valence-electron chi connectivity index (χ4n) is 3.04. The summed E-state index contributed by atoms with van der Waals surface area (Å²) in [5.74, 6) is -0.232. The summed E-state index contributed by atoms with van der Waals surface area (Å²) < 4.78 is 0. The van der Waals surface area contributed by atoms with Gasteiger partial charge in [-0.25, -0.2) is 14.8 Å². The van der Waals surface area contributed by atoms with E-state index in [-0.39, 0.29) is 5.56 Å². The highest BCUT2D eigenvalue weighted by Crippen LogP contribution is 2.41. The third-order valence-corrected chi connectivity index (χ3v) is 5.41. The summed E-state index contributed by atoms with van der Waals surface area (Å²) in [5.41, 5.74) is 4.49. The van der Waals surface area contributed by atoms with E-state index in [2.05, 4.69) is 53.4 Å². The van der Waals surface area contributed by atoms with Crippen molar-refractivity contribution < 1.29 is 9.90 Å². The number of aromatic nitrogens is 2. The standard InChI is InChI=1S/C21H17N3O2S/c1-12-3-5-14(6-4-12)17-13(2)27-20-18(17)19(22-11-23-20)24-16-9-7-15(8-10-16)21(25)26/h3-11H,1-2H3,(H,25,26)(H,22,23,24). The van der Waals surface area contributed by atoms with Crippen molar-refractivity contribution in [3.63, 3.8) is 0 Å². The van der Waals surface area contributed by atoms with E-state index in [1.165, 1.54) is 10.4 Å².